The fourth-order valence-electron chi connectivity index (χ4n) is 1.01. The first-order valence-corrected chi connectivity index (χ1v) is 5.20. The third kappa shape index (κ3) is 3.76. The predicted molar refractivity (Wildman–Crippen MR) is 56.6 cm³/mol. The molecule has 0 aliphatic rings. The number of hydrogen-bond donors (Lipinski definition) is 2. The monoisotopic (exact) mass is 214 g/mol. The van der Waals surface area contributed by atoms with Crippen molar-refractivity contribution in [2.24, 2.45) is 10.9 Å². The van der Waals surface area contributed by atoms with Gasteiger partial charge in [-0.1, -0.05) is 11.2 Å². The molecule has 0 fully saturated rings. The maximum absolute atomic E-state index is 8.35. The summed E-state index contributed by atoms with van der Waals surface area (Å²) >= 11 is 1.65. The quantitative estimate of drug-likeness (QED) is 0.340. The van der Waals surface area contributed by atoms with Gasteiger partial charge in [-0.3, -0.25) is 0 Å². The van der Waals surface area contributed by atoms with Gasteiger partial charge in [0.25, 0.3) is 0 Å². The lowest BCUT2D eigenvalue weighted by Gasteiger charge is -2.10. The van der Waals surface area contributed by atoms with Crippen LogP contribution in [0.25, 0.3) is 0 Å². The average molecular weight is 214 g/mol. The first kappa shape index (κ1) is 11.0. The first-order chi connectivity index (χ1) is 6.72. The van der Waals surface area contributed by atoms with Crippen molar-refractivity contribution in [3.8, 4) is 0 Å². The Hall–Kier alpha value is -1.07. The van der Waals surface area contributed by atoms with Crippen LogP contribution in [0.4, 0.5) is 0 Å². The van der Waals surface area contributed by atoms with Gasteiger partial charge in [0, 0.05) is 11.3 Å². The van der Waals surface area contributed by atoms with Crippen LogP contribution in [0.2, 0.25) is 0 Å². The van der Waals surface area contributed by atoms with E-state index in [0.29, 0.717) is 13.0 Å². The van der Waals surface area contributed by atoms with Crippen molar-refractivity contribution in [3.63, 3.8) is 0 Å². The van der Waals surface area contributed by atoms with E-state index in [9.17, 15) is 0 Å². The summed E-state index contributed by atoms with van der Waals surface area (Å²) in [6.07, 6.45) is 0.412. The van der Waals surface area contributed by atoms with E-state index in [-0.39, 0.29) is 11.9 Å². The molecule has 3 N–H and O–H groups in total. The molecule has 0 aliphatic carbocycles. The van der Waals surface area contributed by atoms with E-state index in [1.165, 1.54) is 4.88 Å². The Morgan fingerprint density at radius 1 is 1.79 bits per heavy atom. The Kier molecular flexibility index (Phi) is 4.42. The number of hydrogen-bond acceptors (Lipinski definition) is 4. The lowest BCUT2D eigenvalue weighted by Crippen LogP contribution is -2.20. The van der Waals surface area contributed by atoms with E-state index in [1.807, 2.05) is 24.4 Å². The van der Waals surface area contributed by atoms with Gasteiger partial charge in [0.15, 0.2) is 0 Å². The largest absolute Gasteiger partial charge is 0.409 e. The van der Waals surface area contributed by atoms with Crippen LogP contribution in [0.1, 0.15) is 18.2 Å². The molecule has 1 aromatic heterocycles. The highest BCUT2D eigenvalue weighted by Gasteiger charge is 2.05. The standard InChI is InChI=1S/C9H14N2O2S/c1-7(5-9(10)11-12)13-6-8-3-2-4-14-8/h2-4,7,12H,5-6H2,1H3,(H2,10,11). The van der Waals surface area contributed by atoms with E-state index in [1.54, 1.807) is 11.3 Å². The summed E-state index contributed by atoms with van der Waals surface area (Å²) in [5.74, 6) is 0.198. The summed E-state index contributed by atoms with van der Waals surface area (Å²) in [7, 11) is 0. The molecule has 0 radical (unpaired) electrons. The fourth-order valence-corrected chi connectivity index (χ4v) is 1.64. The molecule has 0 saturated heterocycles. The summed E-state index contributed by atoms with van der Waals surface area (Å²) < 4.78 is 5.50. The first-order valence-electron chi connectivity index (χ1n) is 4.32. The Morgan fingerprint density at radius 2 is 2.57 bits per heavy atom. The molecule has 1 heterocycles. The smallest absolute Gasteiger partial charge is 0.141 e. The van der Waals surface area contributed by atoms with Crippen LogP contribution < -0.4 is 5.73 Å². The van der Waals surface area contributed by atoms with Crippen molar-refractivity contribution in [2.45, 2.75) is 26.1 Å². The molecule has 78 valence electrons. The molecule has 0 aromatic carbocycles. The van der Waals surface area contributed by atoms with Crippen molar-refractivity contribution >= 4 is 17.2 Å². The highest BCUT2D eigenvalue weighted by molar-refractivity contribution is 7.09. The highest BCUT2D eigenvalue weighted by atomic mass is 32.1. The minimum atomic E-state index is -0.0343. The lowest BCUT2D eigenvalue weighted by molar-refractivity contribution is 0.0591. The molecule has 4 nitrogen and oxygen atoms in total. The average Bonchev–Trinajstić information content (AvgIpc) is 2.67. The fraction of sp³-hybridized carbons (Fsp3) is 0.444. The third-order valence-corrected chi connectivity index (χ3v) is 2.57. The van der Waals surface area contributed by atoms with Crippen molar-refractivity contribution in [3.05, 3.63) is 22.4 Å². The predicted octanol–water partition coefficient (Wildman–Crippen LogP) is 1.79. The molecule has 1 atom stereocenters. The molecule has 0 amide bonds. The van der Waals surface area contributed by atoms with Gasteiger partial charge < -0.3 is 15.7 Å². The molecule has 5 heteroatoms. The second kappa shape index (κ2) is 5.62. The van der Waals surface area contributed by atoms with Gasteiger partial charge in [-0.25, -0.2) is 0 Å². The number of rotatable bonds is 5. The maximum Gasteiger partial charge on any atom is 0.141 e. The van der Waals surface area contributed by atoms with E-state index in [4.69, 9.17) is 15.7 Å². The van der Waals surface area contributed by atoms with E-state index < -0.39 is 0 Å². The van der Waals surface area contributed by atoms with E-state index >= 15 is 0 Å². The minimum absolute atomic E-state index is 0.0343. The van der Waals surface area contributed by atoms with Gasteiger partial charge >= 0.3 is 0 Å². The van der Waals surface area contributed by atoms with Gasteiger partial charge in [0.2, 0.25) is 0 Å². The third-order valence-electron chi connectivity index (χ3n) is 1.72. The van der Waals surface area contributed by atoms with Gasteiger partial charge in [0.1, 0.15) is 5.84 Å². The number of nitrogens with zero attached hydrogens (tertiary/aromatic N) is 1. The number of nitrogens with two attached hydrogens (primary N) is 1. The zero-order valence-electron chi connectivity index (χ0n) is 8.01. The van der Waals surface area contributed by atoms with Crippen molar-refractivity contribution in [2.75, 3.05) is 0 Å². The van der Waals surface area contributed by atoms with Crippen LogP contribution >= 0.6 is 11.3 Å². The SMILES string of the molecule is CC(C/C(N)=N/O)OCc1cccs1. The van der Waals surface area contributed by atoms with Crippen LogP contribution in [-0.2, 0) is 11.3 Å². The molecule has 0 bridgehead atoms. The van der Waals surface area contributed by atoms with Crippen molar-refractivity contribution in [1.29, 1.82) is 0 Å². The zero-order chi connectivity index (χ0) is 10.4. The maximum atomic E-state index is 8.35. The molecule has 0 saturated carbocycles. The minimum Gasteiger partial charge on any atom is -0.409 e. The van der Waals surface area contributed by atoms with Crippen molar-refractivity contribution < 1.29 is 9.94 Å². The van der Waals surface area contributed by atoms with Gasteiger partial charge in [0.05, 0.1) is 12.7 Å². The van der Waals surface area contributed by atoms with Crippen LogP contribution in [0, 0.1) is 0 Å². The summed E-state index contributed by atoms with van der Waals surface area (Å²) in [5, 5.41) is 13.2. The molecule has 1 unspecified atom stereocenters. The molecule has 14 heavy (non-hydrogen) atoms. The lowest BCUT2D eigenvalue weighted by atomic mass is 10.3. The molecule has 1 aromatic rings. The van der Waals surface area contributed by atoms with Gasteiger partial charge in [-0.2, -0.15) is 0 Å². The molecular formula is C9H14N2O2S. The second-order valence-corrected chi connectivity index (χ2v) is 4.03. The Labute approximate surface area is 87.0 Å². The van der Waals surface area contributed by atoms with Crippen LogP contribution in [-0.4, -0.2) is 17.1 Å². The van der Waals surface area contributed by atoms with Crippen LogP contribution in [0.5, 0.6) is 0 Å². The normalized spacial score (nSPS) is 14.2. The molecule has 1 rings (SSSR count). The second-order valence-electron chi connectivity index (χ2n) is 3.00. The highest BCUT2D eigenvalue weighted by Crippen LogP contribution is 2.11. The topological polar surface area (TPSA) is 67.8 Å². The molecule has 0 spiro atoms. The number of ether oxygens (including phenoxy) is 1. The van der Waals surface area contributed by atoms with Gasteiger partial charge in [-0.15, -0.1) is 11.3 Å². The van der Waals surface area contributed by atoms with Crippen LogP contribution in [0.15, 0.2) is 22.7 Å². The zero-order valence-corrected chi connectivity index (χ0v) is 8.83. The van der Waals surface area contributed by atoms with E-state index in [2.05, 4.69) is 5.16 Å². The Balaban J connectivity index is 2.25. The summed E-state index contributed by atoms with van der Waals surface area (Å²) in [6, 6.07) is 4.00. The van der Waals surface area contributed by atoms with Crippen molar-refractivity contribution in [1.82, 2.24) is 0 Å². The molecule has 0 aliphatic heterocycles. The summed E-state index contributed by atoms with van der Waals surface area (Å²) in [5.41, 5.74) is 5.35. The summed E-state index contributed by atoms with van der Waals surface area (Å²) in [6.45, 7) is 2.48. The Bertz CT molecular complexity index is 285. The van der Waals surface area contributed by atoms with E-state index in [0.717, 1.165) is 0 Å². The Morgan fingerprint density at radius 3 is 3.14 bits per heavy atom. The van der Waals surface area contributed by atoms with Gasteiger partial charge in [-0.05, 0) is 18.4 Å². The number of oxime groups is 1. The number of amidine groups is 1. The summed E-state index contributed by atoms with van der Waals surface area (Å²) in [4.78, 5) is 1.18. The molecular weight excluding hydrogens is 200 g/mol. The van der Waals surface area contributed by atoms with Crippen LogP contribution in [0.3, 0.4) is 0 Å². The number of thiophene rings is 1.